The Labute approximate surface area is 151 Å². The lowest BCUT2D eigenvalue weighted by Crippen LogP contribution is -2.36. The molecule has 26 heavy (non-hydrogen) atoms. The van der Waals surface area contributed by atoms with Gasteiger partial charge < -0.3 is 9.47 Å². The van der Waals surface area contributed by atoms with Gasteiger partial charge in [-0.1, -0.05) is 0 Å². The molecular formula is C20H21FN4O. The summed E-state index contributed by atoms with van der Waals surface area (Å²) in [7, 11) is 0. The van der Waals surface area contributed by atoms with Crippen molar-refractivity contribution in [1.82, 2.24) is 19.2 Å². The van der Waals surface area contributed by atoms with E-state index in [4.69, 9.17) is 0 Å². The first-order valence-corrected chi connectivity index (χ1v) is 8.93. The van der Waals surface area contributed by atoms with Crippen molar-refractivity contribution >= 4 is 5.91 Å². The summed E-state index contributed by atoms with van der Waals surface area (Å²) in [6, 6.07) is 9.96. The first kappa shape index (κ1) is 16.6. The molecule has 1 aromatic carbocycles. The molecule has 0 saturated carbocycles. The number of carbonyl (C=O) groups excluding carboxylic acids is 1. The molecule has 3 aromatic rings. The highest BCUT2D eigenvalue weighted by Crippen LogP contribution is 2.25. The number of aromatic nitrogens is 3. The van der Waals surface area contributed by atoms with Crippen LogP contribution >= 0.6 is 0 Å². The van der Waals surface area contributed by atoms with Gasteiger partial charge in [0.1, 0.15) is 11.4 Å². The van der Waals surface area contributed by atoms with Crippen molar-refractivity contribution < 1.29 is 9.18 Å². The van der Waals surface area contributed by atoms with Crippen LogP contribution in [0, 0.1) is 12.7 Å². The van der Waals surface area contributed by atoms with E-state index < -0.39 is 0 Å². The quantitative estimate of drug-likeness (QED) is 0.721. The molecule has 2 aromatic heterocycles. The minimum absolute atomic E-state index is 0.0132. The van der Waals surface area contributed by atoms with Crippen LogP contribution in [0.1, 0.15) is 35.3 Å². The van der Waals surface area contributed by atoms with Gasteiger partial charge in [-0.05, 0) is 62.6 Å². The lowest BCUT2D eigenvalue weighted by Gasteiger charge is -2.27. The topological polar surface area (TPSA) is 43.1 Å². The fraction of sp³-hybridized carbons (Fsp3) is 0.300. The molecule has 1 aliphatic heterocycles. The van der Waals surface area contributed by atoms with E-state index in [1.165, 1.54) is 18.6 Å². The van der Waals surface area contributed by atoms with Gasteiger partial charge in [-0.3, -0.25) is 4.79 Å². The van der Waals surface area contributed by atoms with E-state index in [1.54, 1.807) is 16.8 Å². The molecule has 0 aliphatic carbocycles. The SMILES string of the molecule is Cc1nn(-c2ccc(F)cc2)c(-n2cccc2)c1C(=O)N1CCCCC1. The van der Waals surface area contributed by atoms with Crippen molar-refractivity contribution in [2.45, 2.75) is 26.2 Å². The fourth-order valence-corrected chi connectivity index (χ4v) is 3.50. The molecule has 6 heteroatoms. The monoisotopic (exact) mass is 352 g/mol. The molecule has 0 spiro atoms. The van der Waals surface area contributed by atoms with Crippen LogP contribution in [0.3, 0.4) is 0 Å². The zero-order valence-corrected chi connectivity index (χ0v) is 14.7. The second-order valence-corrected chi connectivity index (χ2v) is 6.62. The number of carbonyl (C=O) groups is 1. The Morgan fingerprint density at radius 1 is 1.04 bits per heavy atom. The fourth-order valence-electron chi connectivity index (χ4n) is 3.50. The van der Waals surface area contributed by atoms with Crippen LogP contribution in [0.15, 0.2) is 48.8 Å². The van der Waals surface area contributed by atoms with Gasteiger partial charge in [-0.15, -0.1) is 0 Å². The Balaban J connectivity index is 1.86. The summed E-state index contributed by atoms with van der Waals surface area (Å²) < 4.78 is 16.9. The van der Waals surface area contributed by atoms with E-state index in [0.29, 0.717) is 17.1 Å². The van der Waals surface area contributed by atoms with Gasteiger partial charge >= 0.3 is 0 Å². The summed E-state index contributed by atoms with van der Waals surface area (Å²) in [6.45, 7) is 3.42. The Bertz CT molecular complexity index is 906. The van der Waals surface area contributed by atoms with Crippen LogP contribution in [0.25, 0.3) is 11.5 Å². The van der Waals surface area contributed by atoms with Gasteiger partial charge in [0.2, 0.25) is 0 Å². The number of likely N-dealkylation sites (tertiary alicyclic amines) is 1. The second-order valence-electron chi connectivity index (χ2n) is 6.62. The molecule has 0 atom stereocenters. The van der Waals surface area contributed by atoms with Crippen molar-refractivity contribution in [2.75, 3.05) is 13.1 Å². The molecule has 0 N–H and O–H groups in total. The summed E-state index contributed by atoms with van der Waals surface area (Å²) in [4.78, 5) is 15.1. The molecule has 0 radical (unpaired) electrons. The lowest BCUT2D eigenvalue weighted by atomic mass is 10.1. The predicted molar refractivity (Wildman–Crippen MR) is 97.3 cm³/mol. The number of piperidine rings is 1. The second kappa shape index (κ2) is 6.78. The third-order valence-corrected chi connectivity index (χ3v) is 4.81. The molecule has 134 valence electrons. The molecule has 4 rings (SSSR count). The minimum atomic E-state index is -0.301. The first-order valence-electron chi connectivity index (χ1n) is 8.93. The Morgan fingerprint density at radius 2 is 1.69 bits per heavy atom. The van der Waals surface area contributed by atoms with E-state index in [9.17, 15) is 9.18 Å². The molecule has 0 bridgehead atoms. The average Bonchev–Trinajstić information content (AvgIpc) is 3.30. The number of rotatable bonds is 3. The summed E-state index contributed by atoms with van der Waals surface area (Å²) in [5, 5.41) is 4.61. The van der Waals surface area contributed by atoms with E-state index in [1.807, 2.05) is 40.9 Å². The van der Waals surface area contributed by atoms with Crippen LogP contribution in [-0.2, 0) is 0 Å². The largest absolute Gasteiger partial charge is 0.338 e. The smallest absolute Gasteiger partial charge is 0.259 e. The Kier molecular flexibility index (Phi) is 4.32. The number of halogens is 1. The van der Waals surface area contributed by atoms with Crippen LogP contribution in [0.5, 0.6) is 0 Å². The standard InChI is InChI=1S/C20H21FN4O/c1-15-18(20(26)24-13-3-2-4-14-24)19(23-11-5-6-12-23)25(22-15)17-9-7-16(21)8-10-17/h5-12H,2-4,13-14H2,1H3. The third kappa shape index (κ3) is 2.92. The lowest BCUT2D eigenvalue weighted by molar-refractivity contribution is 0.0723. The van der Waals surface area contributed by atoms with Gasteiger partial charge in [-0.2, -0.15) is 5.10 Å². The van der Waals surface area contributed by atoms with Crippen LogP contribution in [-0.4, -0.2) is 38.2 Å². The highest BCUT2D eigenvalue weighted by atomic mass is 19.1. The number of benzene rings is 1. The van der Waals surface area contributed by atoms with E-state index in [0.717, 1.165) is 31.6 Å². The number of hydrogen-bond acceptors (Lipinski definition) is 2. The molecule has 0 unspecified atom stereocenters. The zero-order chi connectivity index (χ0) is 18.1. The maximum absolute atomic E-state index is 13.3. The van der Waals surface area contributed by atoms with Crippen LogP contribution in [0.4, 0.5) is 4.39 Å². The van der Waals surface area contributed by atoms with Gasteiger partial charge in [0.15, 0.2) is 5.82 Å². The van der Waals surface area contributed by atoms with E-state index in [2.05, 4.69) is 5.10 Å². The van der Waals surface area contributed by atoms with E-state index >= 15 is 0 Å². The van der Waals surface area contributed by atoms with Gasteiger partial charge in [-0.25, -0.2) is 9.07 Å². The van der Waals surface area contributed by atoms with Crippen molar-refractivity contribution in [1.29, 1.82) is 0 Å². The van der Waals surface area contributed by atoms with Gasteiger partial charge in [0, 0.05) is 25.5 Å². The van der Waals surface area contributed by atoms with Crippen molar-refractivity contribution in [3.63, 3.8) is 0 Å². The zero-order valence-electron chi connectivity index (χ0n) is 14.7. The summed E-state index contributed by atoms with van der Waals surface area (Å²) in [6.07, 6.45) is 7.03. The molecular weight excluding hydrogens is 331 g/mol. The Hall–Kier alpha value is -2.89. The Morgan fingerprint density at radius 3 is 2.35 bits per heavy atom. The van der Waals surface area contributed by atoms with Crippen molar-refractivity contribution in [3.8, 4) is 11.5 Å². The normalized spacial score (nSPS) is 14.6. The summed E-state index contributed by atoms with van der Waals surface area (Å²) in [5.41, 5.74) is 2.00. The molecule has 1 amide bonds. The summed E-state index contributed by atoms with van der Waals surface area (Å²) in [5.74, 6) is 0.402. The molecule has 5 nitrogen and oxygen atoms in total. The predicted octanol–water partition coefficient (Wildman–Crippen LogP) is 3.74. The highest BCUT2D eigenvalue weighted by Gasteiger charge is 2.28. The number of nitrogens with zero attached hydrogens (tertiary/aromatic N) is 4. The summed E-state index contributed by atoms with van der Waals surface area (Å²) >= 11 is 0. The van der Waals surface area contributed by atoms with Gasteiger partial charge in [0.05, 0.1) is 11.4 Å². The third-order valence-electron chi connectivity index (χ3n) is 4.81. The highest BCUT2D eigenvalue weighted by molar-refractivity contribution is 5.98. The van der Waals surface area contributed by atoms with E-state index in [-0.39, 0.29) is 11.7 Å². The minimum Gasteiger partial charge on any atom is -0.338 e. The van der Waals surface area contributed by atoms with Crippen molar-refractivity contribution in [3.05, 3.63) is 65.9 Å². The average molecular weight is 352 g/mol. The molecule has 1 fully saturated rings. The van der Waals surface area contributed by atoms with Crippen molar-refractivity contribution in [2.24, 2.45) is 0 Å². The maximum Gasteiger partial charge on any atom is 0.259 e. The first-order chi connectivity index (χ1) is 12.6. The van der Waals surface area contributed by atoms with Crippen LogP contribution < -0.4 is 0 Å². The maximum atomic E-state index is 13.3. The molecule has 1 aliphatic rings. The number of aryl methyl sites for hydroxylation is 1. The number of hydrogen-bond donors (Lipinski definition) is 0. The number of amides is 1. The molecule has 3 heterocycles. The molecule has 1 saturated heterocycles. The van der Waals surface area contributed by atoms with Crippen LogP contribution in [0.2, 0.25) is 0 Å². The van der Waals surface area contributed by atoms with Gasteiger partial charge in [0.25, 0.3) is 5.91 Å².